The maximum Gasteiger partial charge on any atom is 0.342 e. The SMILES string of the molecule is CO/C=C(/C(=O)OC)c1ccccc1/C=N/OC(=O)Cc1nccc(C(C)=O)n1. The minimum absolute atomic E-state index is 0.148. The van der Waals surface area contributed by atoms with Crippen LogP contribution < -0.4 is 0 Å². The molecular formula is C20H19N3O6. The number of esters is 1. The van der Waals surface area contributed by atoms with E-state index in [-0.39, 0.29) is 29.3 Å². The molecule has 1 aromatic heterocycles. The topological polar surface area (TPSA) is 117 Å². The van der Waals surface area contributed by atoms with Crippen molar-refractivity contribution in [3.05, 3.63) is 65.4 Å². The van der Waals surface area contributed by atoms with Crippen LogP contribution in [-0.4, -0.2) is 48.1 Å². The molecule has 2 rings (SSSR count). The maximum atomic E-state index is 12.0. The third-order valence-electron chi connectivity index (χ3n) is 3.61. The van der Waals surface area contributed by atoms with E-state index in [1.807, 2.05) is 0 Å². The van der Waals surface area contributed by atoms with E-state index in [0.717, 1.165) is 0 Å². The Bertz CT molecular complexity index is 968. The lowest BCUT2D eigenvalue weighted by Gasteiger charge is -2.08. The fourth-order valence-electron chi connectivity index (χ4n) is 2.29. The van der Waals surface area contributed by atoms with Gasteiger partial charge in [-0.3, -0.25) is 4.79 Å². The lowest BCUT2D eigenvalue weighted by atomic mass is 10.0. The van der Waals surface area contributed by atoms with E-state index in [4.69, 9.17) is 14.3 Å². The first-order chi connectivity index (χ1) is 14.0. The summed E-state index contributed by atoms with van der Waals surface area (Å²) in [7, 11) is 2.66. The van der Waals surface area contributed by atoms with E-state index in [9.17, 15) is 14.4 Å². The molecule has 0 spiro atoms. The van der Waals surface area contributed by atoms with Crippen molar-refractivity contribution in [1.82, 2.24) is 9.97 Å². The maximum absolute atomic E-state index is 12.0. The Morgan fingerprint density at radius 3 is 2.59 bits per heavy atom. The molecule has 1 aromatic carbocycles. The zero-order valence-electron chi connectivity index (χ0n) is 16.1. The van der Waals surface area contributed by atoms with Gasteiger partial charge in [0.25, 0.3) is 0 Å². The van der Waals surface area contributed by atoms with Crippen LogP contribution in [0.5, 0.6) is 0 Å². The minimum Gasteiger partial charge on any atom is -0.503 e. The number of benzene rings is 1. The van der Waals surface area contributed by atoms with E-state index >= 15 is 0 Å². The molecule has 0 saturated carbocycles. The van der Waals surface area contributed by atoms with Gasteiger partial charge in [-0.25, -0.2) is 19.6 Å². The first-order valence-electron chi connectivity index (χ1n) is 8.43. The molecule has 29 heavy (non-hydrogen) atoms. The third-order valence-corrected chi connectivity index (χ3v) is 3.61. The molecule has 0 saturated heterocycles. The summed E-state index contributed by atoms with van der Waals surface area (Å²) in [6.07, 6.45) is 3.68. The minimum atomic E-state index is -0.708. The van der Waals surface area contributed by atoms with Crippen LogP contribution in [0, 0.1) is 0 Å². The first-order valence-corrected chi connectivity index (χ1v) is 8.43. The number of methoxy groups -OCH3 is 2. The molecule has 1 heterocycles. The number of carbonyl (C=O) groups excluding carboxylic acids is 3. The van der Waals surface area contributed by atoms with Crippen LogP contribution in [0.15, 0.2) is 47.9 Å². The Labute approximate surface area is 167 Å². The van der Waals surface area contributed by atoms with Crippen molar-refractivity contribution in [1.29, 1.82) is 0 Å². The predicted octanol–water partition coefficient (Wildman–Crippen LogP) is 1.96. The predicted molar refractivity (Wildman–Crippen MR) is 103 cm³/mol. The van der Waals surface area contributed by atoms with Crippen LogP contribution >= 0.6 is 0 Å². The monoisotopic (exact) mass is 397 g/mol. The summed E-state index contributed by atoms with van der Waals surface area (Å²) in [6.45, 7) is 1.37. The van der Waals surface area contributed by atoms with Crippen LogP contribution in [0.1, 0.15) is 34.4 Å². The van der Waals surface area contributed by atoms with E-state index in [1.165, 1.54) is 45.9 Å². The van der Waals surface area contributed by atoms with Crippen molar-refractivity contribution in [2.24, 2.45) is 5.16 Å². The van der Waals surface area contributed by atoms with Gasteiger partial charge in [0.2, 0.25) is 0 Å². The number of aromatic nitrogens is 2. The molecule has 0 amide bonds. The van der Waals surface area contributed by atoms with E-state index in [1.54, 1.807) is 24.3 Å². The molecule has 0 aliphatic heterocycles. The normalized spacial score (nSPS) is 11.2. The molecule has 0 bridgehead atoms. The van der Waals surface area contributed by atoms with Crippen molar-refractivity contribution in [3.63, 3.8) is 0 Å². The molecule has 9 heteroatoms. The van der Waals surface area contributed by atoms with Gasteiger partial charge in [0, 0.05) is 24.2 Å². The van der Waals surface area contributed by atoms with Gasteiger partial charge in [0.05, 0.1) is 26.7 Å². The Morgan fingerprint density at radius 1 is 1.14 bits per heavy atom. The highest BCUT2D eigenvalue weighted by molar-refractivity contribution is 6.18. The second-order valence-corrected chi connectivity index (χ2v) is 5.63. The van der Waals surface area contributed by atoms with Crippen LogP contribution in [0.25, 0.3) is 5.57 Å². The molecule has 2 aromatic rings. The smallest absolute Gasteiger partial charge is 0.342 e. The van der Waals surface area contributed by atoms with Gasteiger partial charge in [0.15, 0.2) is 5.78 Å². The Morgan fingerprint density at radius 2 is 1.90 bits per heavy atom. The lowest BCUT2D eigenvalue weighted by molar-refractivity contribution is -0.143. The quantitative estimate of drug-likeness (QED) is 0.126. The van der Waals surface area contributed by atoms with Gasteiger partial charge in [-0.1, -0.05) is 29.4 Å². The summed E-state index contributed by atoms with van der Waals surface area (Å²) in [4.78, 5) is 48.0. The van der Waals surface area contributed by atoms with Crippen molar-refractivity contribution in [2.45, 2.75) is 13.3 Å². The lowest BCUT2D eigenvalue weighted by Crippen LogP contribution is -2.10. The largest absolute Gasteiger partial charge is 0.503 e. The second-order valence-electron chi connectivity index (χ2n) is 5.63. The van der Waals surface area contributed by atoms with E-state index in [2.05, 4.69) is 15.1 Å². The number of carbonyl (C=O) groups is 3. The fraction of sp³-hybridized carbons (Fsp3) is 0.200. The molecular weight excluding hydrogens is 378 g/mol. The zero-order chi connectivity index (χ0) is 21.2. The van der Waals surface area contributed by atoms with Crippen LogP contribution in [-0.2, 0) is 30.3 Å². The highest BCUT2D eigenvalue weighted by Gasteiger charge is 2.16. The number of Topliss-reactive ketones (excluding diaryl/α,β-unsaturated/α-hetero) is 1. The highest BCUT2D eigenvalue weighted by Crippen LogP contribution is 2.19. The Hall–Kier alpha value is -3.88. The summed E-state index contributed by atoms with van der Waals surface area (Å²) >= 11 is 0. The van der Waals surface area contributed by atoms with Crippen LogP contribution in [0.2, 0.25) is 0 Å². The van der Waals surface area contributed by atoms with Crippen molar-refractivity contribution >= 4 is 29.5 Å². The third kappa shape index (κ3) is 6.06. The summed E-state index contributed by atoms with van der Waals surface area (Å²) in [5, 5.41) is 3.67. The molecule has 0 aliphatic rings. The molecule has 0 N–H and O–H groups in total. The van der Waals surface area contributed by atoms with Crippen LogP contribution in [0.4, 0.5) is 0 Å². The molecule has 0 unspecified atom stereocenters. The number of hydrogen-bond donors (Lipinski definition) is 0. The van der Waals surface area contributed by atoms with Crippen LogP contribution in [0.3, 0.4) is 0 Å². The number of hydrogen-bond acceptors (Lipinski definition) is 9. The Kier molecular flexibility index (Phi) is 7.72. The fourth-order valence-corrected chi connectivity index (χ4v) is 2.29. The van der Waals surface area contributed by atoms with Gasteiger partial charge >= 0.3 is 11.9 Å². The summed E-state index contributed by atoms with van der Waals surface area (Å²) in [5.41, 5.74) is 1.38. The zero-order valence-corrected chi connectivity index (χ0v) is 16.1. The number of oxime groups is 1. The van der Waals surface area contributed by atoms with Gasteiger partial charge in [0.1, 0.15) is 23.5 Å². The molecule has 0 aliphatic carbocycles. The standard InChI is InChI=1S/C20H19N3O6/c1-13(24)17-8-9-21-18(23-17)10-19(25)29-22-11-14-6-4-5-7-15(14)16(12-27-2)20(26)28-3/h4-9,11-12H,10H2,1-3H3/b16-12+,22-11+. The van der Waals surface area contributed by atoms with E-state index in [0.29, 0.717) is 11.1 Å². The molecule has 0 fully saturated rings. The summed E-state index contributed by atoms with van der Waals surface area (Å²) in [6, 6.07) is 8.27. The Balaban J connectivity index is 2.12. The van der Waals surface area contributed by atoms with E-state index < -0.39 is 11.9 Å². The summed E-state index contributed by atoms with van der Waals surface area (Å²) < 4.78 is 9.70. The molecule has 150 valence electrons. The average Bonchev–Trinajstić information content (AvgIpc) is 2.72. The number of ether oxygens (including phenoxy) is 2. The number of rotatable bonds is 8. The summed E-state index contributed by atoms with van der Waals surface area (Å²) in [5.74, 6) is -1.39. The number of nitrogens with zero attached hydrogens (tertiary/aromatic N) is 3. The van der Waals surface area contributed by atoms with Gasteiger partial charge < -0.3 is 14.3 Å². The molecule has 0 radical (unpaired) electrons. The van der Waals surface area contributed by atoms with Gasteiger partial charge in [-0.05, 0) is 6.07 Å². The highest BCUT2D eigenvalue weighted by atomic mass is 16.7. The van der Waals surface area contributed by atoms with Gasteiger partial charge in [-0.15, -0.1) is 0 Å². The average molecular weight is 397 g/mol. The molecule has 9 nitrogen and oxygen atoms in total. The number of ketones is 1. The van der Waals surface area contributed by atoms with Gasteiger partial charge in [-0.2, -0.15) is 0 Å². The van der Waals surface area contributed by atoms with Crippen molar-refractivity contribution in [2.75, 3.05) is 14.2 Å². The second kappa shape index (κ2) is 10.5. The van der Waals surface area contributed by atoms with Crippen molar-refractivity contribution < 1.29 is 28.7 Å². The first kappa shape index (κ1) is 21.4. The van der Waals surface area contributed by atoms with Crippen molar-refractivity contribution in [3.8, 4) is 0 Å². The molecule has 0 atom stereocenters.